The Morgan fingerprint density at radius 1 is 1.67 bits per heavy atom. The second kappa shape index (κ2) is 5.25. The smallest absolute Gasteiger partial charge is 0.322 e. The number of halogens is 2. The van der Waals surface area contributed by atoms with Crippen LogP contribution in [0.2, 0.25) is 10.4 Å². The monoisotopic (exact) mass is 249 g/mol. The summed E-state index contributed by atoms with van der Waals surface area (Å²) in [6.07, 6.45) is 1.64. The molecule has 15 heavy (non-hydrogen) atoms. The number of esters is 1. The first-order chi connectivity index (χ1) is 7.04. The van der Waals surface area contributed by atoms with Crippen LogP contribution < -0.4 is 5.73 Å². The third-order valence-electron chi connectivity index (χ3n) is 1.73. The number of nitrogens with two attached hydrogens (primary N) is 1. The van der Waals surface area contributed by atoms with Gasteiger partial charge >= 0.3 is 5.97 Å². The maximum Gasteiger partial charge on any atom is 0.322 e. The number of hydrogen-bond donors (Lipinski definition) is 1. The molecule has 1 aromatic rings. The van der Waals surface area contributed by atoms with Crippen molar-refractivity contribution in [2.75, 3.05) is 7.11 Å². The normalized spacial score (nSPS) is 12.3. The van der Waals surface area contributed by atoms with E-state index in [4.69, 9.17) is 28.9 Å². The summed E-state index contributed by atoms with van der Waals surface area (Å²) in [4.78, 5) is 18.5. The first-order valence-corrected chi connectivity index (χ1v) is 4.80. The highest BCUT2D eigenvalue weighted by atomic mass is 35.5. The Kier molecular flexibility index (Phi) is 4.26. The first kappa shape index (κ1) is 12.2. The van der Waals surface area contributed by atoms with Crippen molar-refractivity contribution in [3.63, 3.8) is 0 Å². The van der Waals surface area contributed by atoms with Crippen LogP contribution in [0.4, 0.5) is 0 Å². The van der Waals surface area contributed by atoms with Gasteiger partial charge in [0.1, 0.15) is 11.2 Å². The minimum atomic E-state index is -0.780. The second-order valence-corrected chi connectivity index (χ2v) is 3.48. The Balaban J connectivity index is 2.76. The van der Waals surface area contributed by atoms with Crippen LogP contribution in [0.1, 0.15) is 5.56 Å². The highest BCUT2D eigenvalue weighted by Crippen LogP contribution is 2.15. The Morgan fingerprint density at radius 2 is 2.33 bits per heavy atom. The molecule has 1 rings (SSSR count). The van der Waals surface area contributed by atoms with E-state index in [9.17, 15) is 4.79 Å². The van der Waals surface area contributed by atoms with E-state index in [1.807, 2.05) is 0 Å². The molecular formula is C8H9Cl2N3O2. The van der Waals surface area contributed by atoms with Crippen LogP contribution >= 0.6 is 23.2 Å². The van der Waals surface area contributed by atoms with Gasteiger partial charge in [-0.1, -0.05) is 11.6 Å². The van der Waals surface area contributed by atoms with Crippen LogP contribution in [0.25, 0.3) is 0 Å². The molecule has 0 spiro atoms. The molecule has 0 bridgehead atoms. The van der Waals surface area contributed by atoms with Gasteiger partial charge < -0.3 is 10.5 Å². The molecule has 0 saturated heterocycles. The van der Waals surface area contributed by atoms with Crippen LogP contribution in [0.15, 0.2) is 6.20 Å². The predicted octanol–water partition coefficient (Wildman–Crippen LogP) is 0.826. The van der Waals surface area contributed by atoms with Gasteiger partial charge in [0, 0.05) is 18.2 Å². The third-order valence-corrected chi connectivity index (χ3v) is 2.24. The Morgan fingerprint density at radius 3 is 2.87 bits per heavy atom. The van der Waals surface area contributed by atoms with Gasteiger partial charge in [-0.3, -0.25) is 4.79 Å². The lowest BCUT2D eigenvalue weighted by atomic mass is 10.1. The molecule has 2 N–H and O–H groups in total. The number of rotatable bonds is 3. The molecule has 7 heteroatoms. The fraction of sp³-hybridized carbons (Fsp3) is 0.375. The lowest BCUT2D eigenvalue weighted by Gasteiger charge is -2.09. The average molecular weight is 250 g/mol. The molecule has 0 saturated carbocycles. The van der Waals surface area contributed by atoms with Gasteiger partial charge in [0.05, 0.1) is 7.11 Å². The van der Waals surface area contributed by atoms with Crippen molar-refractivity contribution < 1.29 is 9.53 Å². The van der Waals surface area contributed by atoms with Gasteiger partial charge in [0.15, 0.2) is 0 Å². The van der Waals surface area contributed by atoms with Crippen molar-refractivity contribution in [3.8, 4) is 0 Å². The zero-order chi connectivity index (χ0) is 11.4. The zero-order valence-electron chi connectivity index (χ0n) is 7.91. The highest BCUT2D eigenvalue weighted by Gasteiger charge is 2.16. The number of carbonyl (C=O) groups is 1. The number of hydrogen-bond acceptors (Lipinski definition) is 5. The summed E-state index contributed by atoms with van der Waals surface area (Å²) in [6, 6.07) is -0.780. The average Bonchev–Trinajstić information content (AvgIpc) is 2.20. The summed E-state index contributed by atoms with van der Waals surface area (Å²) < 4.78 is 4.47. The number of methoxy groups -OCH3 is 1. The van der Waals surface area contributed by atoms with E-state index < -0.39 is 12.0 Å². The van der Waals surface area contributed by atoms with E-state index in [1.54, 1.807) is 0 Å². The molecule has 0 aliphatic heterocycles. The summed E-state index contributed by atoms with van der Waals surface area (Å²) in [7, 11) is 1.27. The van der Waals surface area contributed by atoms with Crippen LogP contribution in [-0.2, 0) is 16.0 Å². The minimum absolute atomic E-state index is 0.0513. The summed E-state index contributed by atoms with van der Waals surface area (Å²) >= 11 is 11.3. The molecule has 82 valence electrons. The van der Waals surface area contributed by atoms with Gasteiger partial charge in [0.2, 0.25) is 5.28 Å². The minimum Gasteiger partial charge on any atom is -0.468 e. The molecule has 1 atom stereocenters. The van der Waals surface area contributed by atoms with Gasteiger partial charge in [-0.15, -0.1) is 0 Å². The number of aromatic nitrogens is 2. The maximum absolute atomic E-state index is 11.0. The summed E-state index contributed by atoms with van der Waals surface area (Å²) in [6.45, 7) is 0. The maximum atomic E-state index is 11.0. The highest BCUT2D eigenvalue weighted by molar-refractivity contribution is 6.32. The molecule has 5 nitrogen and oxygen atoms in total. The quantitative estimate of drug-likeness (QED) is 0.488. The lowest BCUT2D eigenvalue weighted by molar-refractivity contribution is -0.142. The summed E-state index contributed by atoms with van der Waals surface area (Å²) in [5.41, 5.74) is 6.10. The number of carbonyl (C=O) groups excluding carboxylic acids is 1. The van der Waals surface area contributed by atoms with E-state index >= 15 is 0 Å². The third kappa shape index (κ3) is 3.30. The van der Waals surface area contributed by atoms with Crippen LogP contribution in [0.5, 0.6) is 0 Å². The van der Waals surface area contributed by atoms with E-state index in [1.165, 1.54) is 13.3 Å². The topological polar surface area (TPSA) is 78.1 Å². The largest absolute Gasteiger partial charge is 0.468 e. The Hall–Kier alpha value is -0.910. The summed E-state index contributed by atoms with van der Waals surface area (Å²) in [5, 5.41) is 0.241. The van der Waals surface area contributed by atoms with E-state index in [0.717, 1.165) is 0 Å². The standard InChI is InChI=1S/C8H9Cl2N3O2/c1-15-7(14)5(11)2-4-3-12-8(10)13-6(4)9/h3,5H,2,11H2,1H3/t5-/m0/s1. The first-order valence-electron chi connectivity index (χ1n) is 4.05. The molecule has 0 fully saturated rings. The van der Waals surface area contributed by atoms with Crippen LogP contribution in [0, 0.1) is 0 Å². The van der Waals surface area contributed by atoms with Crippen molar-refractivity contribution in [2.24, 2.45) is 5.73 Å². The second-order valence-electron chi connectivity index (χ2n) is 2.79. The van der Waals surface area contributed by atoms with Gasteiger partial charge in [-0.2, -0.15) is 0 Å². The molecule has 0 aromatic carbocycles. The van der Waals surface area contributed by atoms with E-state index in [-0.39, 0.29) is 16.9 Å². The molecule has 1 aromatic heterocycles. The molecule has 0 aliphatic rings. The molecule has 0 radical (unpaired) electrons. The number of ether oxygens (including phenoxy) is 1. The predicted molar refractivity (Wildman–Crippen MR) is 55.7 cm³/mol. The molecule has 0 unspecified atom stereocenters. The van der Waals surface area contributed by atoms with Crippen molar-refractivity contribution in [1.29, 1.82) is 0 Å². The van der Waals surface area contributed by atoms with Crippen molar-refractivity contribution >= 4 is 29.2 Å². The molecule has 0 amide bonds. The van der Waals surface area contributed by atoms with Gasteiger partial charge in [-0.25, -0.2) is 9.97 Å². The van der Waals surface area contributed by atoms with E-state index in [0.29, 0.717) is 5.56 Å². The fourth-order valence-electron chi connectivity index (χ4n) is 0.975. The fourth-order valence-corrected chi connectivity index (χ4v) is 1.36. The van der Waals surface area contributed by atoms with Crippen molar-refractivity contribution in [3.05, 3.63) is 22.2 Å². The molecule has 0 aliphatic carbocycles. The Bertz CT molecular complexity index is 373. The Labute approximate surface area is 96.6 Å². The SMILES string of the molecule is COC(=O)[C@@H](N)Cc1cnc(Cl)nc1Cl. The molecule has 1 heterocycles. The van der Waals surface area contributed by atoms with Crippen molar-refractivity contribution in [2.45, 2.75) is 12.5 Å². The lowest BCUT2D eigenvalue weighted by Crippen LogP contribution is -2.33. The van der Waals surface area contributed by atoms with Crippen LogP contribution in [0.3, 0.4) is 0 Å². The van der Waals surface area contributed by atoms with Crippen molar-refractivity contribution in [1.82, 2.24) is 9.97 Å². The van der Waals surface area contributed by atoms with Gasteiger partial charge in [-0.05, 0) is 11.6 Å². The molecular weight excluding hydrogens is 241 g/mol. The number of nitrogens with zero attached hydrogens (tertiary/aromatic N) is 2. The van der Waals surface area contributed by atoms with Crippen LogP contribution in [-0.4, -0.2) is 29.1 Å². The van der Waals surface area contributed by atoms with E-state index in [2.05, 4.69) is 14.7 Å². The summed E-state index contributed by atoms with van der Waals surface area (Å²) in [5.74, 6) is -0.513. The zero-order valence-corrected chi connectivity index (χ0v) is 9.42. The van der Waals surface area contributed by atoms with Gasteiger partial charge in [0.25, 0.3) is 0 Å².